The van der Waals surface area contributed by atoms with Crippen molar-refractivity contribution in [2.24, 2.45) is 5.92 Å². The molecule has 1 fully saturated rings. The molecule has 1 aliphatic rings. The minimum Gasteiger partial charge on any atom is -0.316 e. The van der Waals surface area contributed by atoms with E-state index in [0.29, 0.717) is 5.54 Å². The Morgan fingerprint density at radius 1 is 1.24 bits per heavy atom. The van der Waals surface area contributed by atoms with Gasteiger partial charge in [0.25, 0.3) is 0 Å². The smallest absolute Gasteiger partial charge is 0.0125 e. The van der Waals surface area contributed by atoms with Crippen molar-refractivity contribution in [3.63, 3.8) is 0 Å². The van der Waals surface area contributed by atoms with Crippen LogP contribution in [0, 0.1) is 5.92 Å². The molecule has 0 aromatic rings. The molecular weight excluding hydrogens is 208 g/mol. The topological polar surface area (TPSA) is 24.1 Å². The summed E-state index contributed by atoms with van der Waals surface area (Å²) in [5.41, 5.74) is 0.353. The Kier molecular flexibility index (Phi) is 9.85. The maximum absolute atomic E-state index is 3.54. The zero-order valence-corrected chi connectivity index (χ0v) is 12.7. The lowest BCUT2D eigenvalue weighted by molar-refractivity contribution is 0.353. The summed E-state index contributed by atoms with van der Waals surface area (Å²) >= 11 is 0. The van der Waals surface area contributed by atoms with E-state index in [2.05, 4.69) is 45.3 Å². The van der Waals surface area contributed by atoms with Crippen molar-refractivity contribution >= 4 is 0 Å². The standard InChI is InChI=1S/C10H23N.C5H11N/c1-5-7-8-10(3,4)11-9-6-2;1-5-2-3-6-4-5/h11H,5-9H2,1-4H3;5-6H,2-4H2,1H3. The molecule has 0 aliphatic carbocycles. The number of rotatable bonds is 6. The van der Waals surface area contributed by atoms with Crippen LogP contribution >= 0.6 is 0 Å². The van der Waals surface area contributed by atoms with E-state index in [-0.39, 0.29) is 0 Å². The molecule has 1 heterocycles. The third-order valence-electron chi connectivity index (χ3n) is 3.32. The van der Waals surface area contributed by atoms with Crippen molar-refractivity contribution in [3.05, 3.63) is 0 Å². The molecule has 1 saturated heterocycles. The van der Waals surface area contributed by atoms with Gasteiger partial charge in [-0.15, -0.1) is 0 Å². The third-order valence-corrected chi connectivity index (χ3v) is 3.32. The summed E-state index contributed by atoms with van der Waals surface area (Å²) < 4.78 is 0. The summed E-state index contributed by atoms with van der Waals surface area (Å²) in [4.78, 5) is 0. The van der Waals surface area contributed by atoms with Gasteiger partial charge in [0.15, 0.2) is 0 Å². The number of nitrogens with one attached hydrogen (secondary N) is 2. The van der Waals surface area contributed by atoms with Crippen LogP contribution in [0.4, 0.5) is 0 Å². The highest BCUT2D eigenvalue weighted by Gasteiger charge is 2.14. The summed E-state index contributed by atoms with van der Waals surface area (Å²) in [5.74, 6) is 0.935. The van der Waals surface area contributed by atoms with Gasteiger partial charge in [-0.3, -0.25) is 0 Å². The van der Waals surface area contributed by atoms with E-state index in [1.54, 1.807) is 0 Å². The maximum Gasteiger partial charge on any atom is 0.0125 e. The van der Waals surface area contributed by atoms with Crippen LogP contribution in [-0.2, 0) is 0 Å². The van der Waals surface area contributed by atoms with Gasteiger partial charge in [0, 0.05) is 5.54 Å². The first-order chi connectivity index (χ1) is 8.02. The molecule has 17 heavy (non-hydrogen) atoms. The van der Waals surface area contributed by atoms with Gasteiger partial charge in [0.2, 0.25) is 0 Å². The van der Waals surface area contributed by atoms with E-state index in [1.165, 1.54) is 45.2 Å². The van der Waals surface area contributed by atoms with Crippen LogP contribution in [0.25, 0.3) is 0 Å². The minimum atomic E-state index is 0.353. The first-order valence-electron chi connectivity index (χ1n) is 7.47. The molecule has 2 nitrogen and oxygen atoms in total. The Balaban J connectivity index is 0.000000354. The quantitative estimate of drug-likeness (QED) is 0.744. The average molecular weight is 242 g/mol. The van der Waals surface area contributed by atoms with Crippen molar-refractivity contribution < 1.29 is 0 Å². The molecular formula is C15H34N2. The molecule has 0 radical (unpaired) electrons. The lowest BCUT2D eigenvalue weighted by Crippen LogP contribution is -2.39. The largest absolute Gasteiger partial charge is 0.316 e. The van der Waals surface area contributed by atoms with Crippen LogP contribution in [0.2, 0.25) is 0 Å². The molecule has 1 unspecified atom stereocenters. The molecule has 0 aromatic heterocycles. The first kappa shape index (κ1) is 16.9. The van der Waals surface area contributed by atoms with Gasteiger partial charge in [-0.2, -0.15) is 0 Å². The van der Waals surface area contributed by atoms with E-state index in [4.69, 9.17) is 0 Å². The fraction of sp³-hybridized carbons (Fsp3) is 1.00. The van der Waals surface area contributed by atoms with E-state index >= 15 is 0 Å². The van der Waals surface area contributed by atoms with Crippen LogP contribution < -0.4 is 10.6 Å². The summed E-state index contributed by atoms with van der Waals surface area (Å²) in [7, 11) is 0. The maximum atomic E-state index is 3.54. The van der Waals surface area contributed by atoms with Crippen LogP contribution in [0.15, 0.2) is 0 Å². The van der Waals surface area contributed by atoms with Gasteiger partial charge in [-0.05, 0) is 58.7 Å². The average Bonchev–Trinajstić information content (AvgIpc) is 2.76. The molecule has 0 amide bonds. The van der Waals surface area contributed by atoms with E-state index in [1.807, 2.05) is 0 Å². The van der Waals surface area contributed by atoms with Crippen molar-refractivity contribution in [2.45, 2.75) is 72.3 Å². The zero-order chi connectivity index (χ0) is 13.1. The fourth-order valence-corrected chi connectivity index (χ4v) is 1.97. The second-order valence-electron chi connectivity index (χ2n) is 6.01. The van der Waals surface area contributed by atoms with Gasteiger partial charge in [0.05, 0.1) is 0 Å². The van der Waals surface area contributed by atoms with Crippen molar-refractivity contribution in [1.82, 2.24) is 10.6 Å². The Morgan fingerprint density at radius 2 is 1.94 bits per heavy atom. The van der Waals surface area contributed by atoms with Gasteiger partial charge in [-0.25, -0.2) is 0 Å². The van der Waals surface area contributed by atoms with Crippen molar-refractivity contribution in [3.8, 4) is 0 Å². The van der Waals surface area contributed by atoms with Crippen LogP contribution in [0.5, 0.6) is 0 Å². The lowest BCUT2D eigenvalue weighted by Gasteiger charge is -2.25. The highest BCUT2D eigenvalue weighted by molar-refractivity contribution is 4.76. The molecule has 0 saturated carbocycles. The highest BCUT2D eigenvalue weighted by atomic mass is 14.9. The molecule has 1 atom stereocenters. The number of unbranched alkanes of at least 4 members (excludes halogenated alkanes) is 1. The van der Waals surface area contributed by atoms with Gasteiger partial charge < -0.3 is 10.6 Å². The molecule has 2 heteroatoms. The monoisotopic (exact) mass is 242 g/mol. The van der Waals surface area contributed by atoms with Crippen molar-refractivity contribution in [1.29, 1.82) is 0 Å². The van der Waals surface area contributed by atoms with E-state index in [9.17, 15) is 0 Å². The minimum absolute atomic E-state index is 0.353. The summed E-state index contributed by atoms with van der Waals surface area (Å²) in [6, 6.07) is 0. The normalized spacial score (nSPS) is 19.9. The Bertz CT molecular complexity index is 150. The summed E-state index contributed by atoms with van der Waals surface area (Å²) in [5, 5.41) is 6.82. The molecule has 0 bridgehead atoms. The fourth-order valence-electron chi connectivity index (χ4n) is 1.97. The van der Waals surface area contributed by atoms with Gasteiger partial charge >= 0.3 is 0 Å². The first-order valence-corrected chi connectivity index (χ1v) is 7.47. The molecule has 2 N–H and O–H groups in total. The third kappa shape index (κ3) is 10.8. The van der Waals surface area contributed by atoms with Crippen LogP contribution in [0.3, 0.4) is 0 Å². The molecule has 0 spiro atoms. The second kappa shape index (κ2) is 9.90. The van der Waals surface area contributed by atoms with Gasteiger partial charge in [-0.1, -0.05) is 33.6 Å². The zero-order valence-electron chi connectivity index (χ0n) is 12.7. The summed E-state index contributed by atoms with van der Waals surface area (Å²) in [6.45, 7) is 14.9. The number of hydrogen-bond donors (Lipinski definition) is 2. The predicted molar refractivity (Wildman–Crippen MR) is 78.5 cm³/mol. The van der Waals surface area contributed by atoms with E-state index in [0.717, 1.165) is 12.5 Å². The number of hydrogen-bond acceptors (Lipinski definition) is 2. The Hall–Kier alpha value is -0.0800. The lowest BCUT2D eigenvalue weighted by atomic mass is 9.97. The van der Waals surface area contributed by atoms with Crippen LogP contribution in [0.1, 0.15) is 66.7 Å². The molecule has 1 aliphatic heterocycles. The van der Waals surface area contributed by atoms with Gasteiger partial charge in [0.1, 0.15) is 0 Å². The van der Waals surface area contributed by atoms with Crippen LogP contribution in [-0.4, -0.2) is 25.2 Å². The Labute approximate surface area is 109 Å². The van der Waals surface area contributed by atoms with E-state index < -0.39 is 0 Å². The molecule has 104 valence electrons. The molecule has 1 rings (SSSR count). The highest BCUT2D eigenvalue weighted by Crippen LogP contribution is 2.12. The predicted octanol–water partition coefficient (Wildman–Crippen LogP) is 3.57. The molecule has 0 aromatic carbocycles. The van der Waals surface area contributed by atoms with Crippen molar-refractivity contribution in [2.75, 3.05) is 19.6 Å². The second-order valence-corrected chi connectivity index (χ2v) is 6.01. The Morgan fingerprint density at radius 3 is 2.29 bits per heavy atom. The summed E-state index contributed by atoms with van der Waals surface area (Å²) in [6.07, 6.45) is 6.54. The SMILES string of the molecule is CC1CCNC1.CCCCC(C)(C)NCCC.